The molecular formula is C15H18ClNS. The fourth-order valence-corrected chi connectivity index (χ4v) is 3.20. The Labute approximate surface area is 118 Å². The minimum Gasteiger partial charge on any atom is -0.312 e. The summed E-state index contributed by atoms with van der Waals surface area (Å²) < 4.78 is 0. The highest BCUT2D eigenvalue weighted by atomic mass is 35.5. The van der Waals surface area contributed by atoms with E-state index in [1.807, 2.05) is 23.5 Å². The molecule has 3 heteroatoms. The average Bonchev–Trinajstić information content (AvgIpc) is 2.78. The van der Waals surface area contributed by atoms with Crippen LogP contribution in [0.2, 0.25) is 5.02 Å². The first kappa shape index (κ1) is 13.6. The lowest BCUT2D eigenvalue weighted by molar-refractivity contribution is 0.681. The molecule has 0 bridgehead atoms. The van der Waals surface area contributed by atoms with Crippen molar-refractivity contribution in [1.29, 1.82) is 0 Å². The van der Waals surface area contributed by atoms with Crippen molar-refractivity contribution < 1.29 is 0 Å². The van der Waals surface area contributed by atoms with Crippen molar-refractivity contribution >= 4 is 22.9 Å². The SMILES string of the molecule is CCCNCc1ccc(-c2ccc(Cl)cc2C)s1. The van der Waals surface area contributed by atoms with E-state index in [0.29, 0.717) is 0 Å². The summed E-state index contributed by atoms with van der Waals surface area (Å²) in [5.74, 6) is 0. The van der Waals surface area contributed by atoms with Crippen LogP contribution in [-0.4, -0.2) is 6.54 Å². The minimum absolute atomic E-state index is 0.803. The highest BCUT2D eigenvalue weighted by molar-refractivity contribution is 7.15. The van der Waals surface area contributed by atoms with Gasteiger partial charge in [0.2, 0.25) is 0 Å². The first-order valence-corrected chi connectivity index (χ1v) is 7.46. The molecule has 0 aliphatic heterocycles. The predicted molar refractivity (Wildman–Crippen MR) is 81.5 cm³/mol. The van der Waals surface area contributed by atoms with Crippen LogP contribution in [0, 0.1) is 6.92 Å². The van der Waals surface area contributed by atoms with Gasteiger partial charge in [0.1, 0.15) is 0 Å². The molecule has 0 unspecified atom stereocenters. The standard InChI is InChI=1S/C15H18ClNS/c1-3-8-17-10-13-5-7-15(18-13)14-6-4-12(16)9-11(14)2/h4-7,9,17H,3,8,10H2,1-2H3. The average molecular weight is 280 g/mol. The fraction of sp³-hybridized carbons (Fsp3) is 0.333. The molecule has 2 aromatic rings. The first-order valence-electron chi connectivity index (χ1n) is 6.26. The maximum absolute atomic E-state index is 5.99. The van der Waals surface area contributed by atoms with Crippen LogP contribution in [0.15, 0.2) is 30.3 Å². The normalized spacial score (nSPS) is 10.8. The summed E-state index contributed by atoms with van der Waals surface area (Å²) in [6, 6.07) is 10.5. The van der Waals surface area contributed by atoms with Gasteiger partial charge < -0.3 is 5.32 Å². The molecule has 1 N–H and O–H groups in total. The molecule has 0 radical (unpaired) electrons. The van der Waals surface area contributed by atoms with Crippen molar-refractivity contribution in [2.45, 2.75) is 26.8 Å². The summed E-state index contributed by atoms with van der Waals surface area (Å²) in [5.41, 5.74) is 2.52. The lowest BCUT2D eigenvalue weighted by Gasteiger charge is -2.03. The molecular weight excluding hydrogens is 262 g/mol. The van der Waals surface area contributed by atoms with Crippen LogP contribution < -0.4 is 5.32 Å². The molecule has 1 nitrogen and oxygen atoms in total. The Kier molecular flexibility index (Phi) is 4.81. The number of rotatable bonds is 5. The maximum atomic E-state index is 5.99. The monoisotopic (exact) mass is 279 g/mol. The molecule has 0 saturated carbocycles. The van der Waals surface area contributed by atoms with E-state index >= 15 is 0 Å². The zero-order chi connectivity index (χ0) is 13.0. The van der Waals surface area contributed by atoms with Crippen molar-refractivity contribution in [2.24, 2.45) is 0 Å². The third-order valence-electron chi connectivity index (χ3n) is 2.84. The van der Waals surface area contributed by atoms with Gasteiger partial charge in [0.05, 0.1) is 0 Å². The molecule has 1 heterocycles. The van der Waals surface area contributed by atoms with Crippen molar-refractivity contribution in [3.05, 3.63) is 45.8 Å². The van der Waals surface area contributed by atoms with Crippen LogP contribution >= 0.6 is 22.9 Å². The zero-order valence-electron chi connectivity index (χ0n) is 10.8. The molecule has 0 amide bonds. The quantitative estimate of drug-likeness (QED) is 0.770. The molecule has 96 valence electrons. The highest BCUT2D eigenvalue weighted by Crippen LogP contribution is 2.31. The number of hydrogen-bond donors (Lipinski definition) is 1. The topological polar surface area (TPSA) is 12.0 Å². The Morgan fingerprint density at radius 1 is 1.22 bits per heavy atom. The number of hydrogen-bond acceptors (Lipinski definition) is 2. The van der Waals surface area contributed by atoms with Gasteiger partial charge in [-0.05, 0) is 55.3 Å². The molecule has 0 spiro atoms. The second-order valence-corrected chi connectivity index (χ2v) is 6.01. The van der Waals surface area contributed by atoms with E-state index in [1.165, 1.54) is 27.3 Å². The van der Waals surface area contributed by atoms with Crippen molar-refractivity contribution in [2.75, 3.05) is 6.54 Å². The Morgan fingerprint density at radius 3 is 2.78 bits per heavy atom. The molecule has 0 atom stereocenters. The smallest absolute Gasteiger partial charge is 0.0409 e. The second-order valence-electron chi connectivity index (χ2n) is 4.40. The molecule has 1 aromatic heterocycles. The predicted octanol–water partition coefficient (Wildman–Crippen LogP) is 4.88. The Balaban J connectivity index is 2.13. The number of aryl methyl sites for hydroxylation is 1. The van der Waals surface area contributed by atoms with E-state index < -0.39 is 0 Å². The van der Waals surface area contributed by atoms with Crippen LogP contribution in [-0.2, 0) is 6.54 Å². The van der Waals surface area contributed by atoms with E-state index in [-0.39, 0.29) is 0 Å². The van der Waals surface area contributed by atoms with E-state index in [2.05, 4.69) is 37.4 Å². The third kappa shape index (κ3) is 3.35. The molecule has 2 rings (SSSR count). The lowest BCUT2D eigenvalue weighted by atomic mass is 10.1. The van der Waals surface area contributed by atoms with Gasteiger partial charge in [-0.3, -0.25) is 0 Å². The molecule has 0 aliphatic carbocycles. The molecule has 1 aromatic carbocycles. The van der Waals surface area contributed by atoms with Gasteiger partial charge in [-0.25, -0.2) is 0 Å². The van der Waals surface area contributed by atoms with E-state index in [9.17, 15) is 0 Å². The zero-order valence-corrected chi connectivity index (χ0v) is 12.4. The largest absolute Gasteiger partial charge is 0.312 e. The minimum atomic E-state index is 0.803. The summed E-state index contributed by atoms with van der Waals surface area (Å²) in [6.45, 7) is 6.33. The van der Waals surface area contributed by atoms with E-state index in [1.54, 1.807) is 0 Å². The van der Waals surface area contributed by atoms with Crippen LogP contribution in [0.5, 0.6) is 0 Å². The number of halogens is 1. The van der Waals surface area contributed by atoms with Gasteiger partial charge in [-0.1, -0.05) is 24.6 Å². The van der Waals surface area contributed by atoms with Crippen molar-refractivity contribution in [3.8, 4) is 10.4 Å². The molecule has 0 fully saturated rings. The summed E-state index contributed by atoms with van der Waals surface area (Å²) in [5, 5.41) is 4.23. The summed E-state index contributed by atoms with van der Waals surface area (Å²) >= 11 is 7.84. The Bertz CT molecular complexity index is 519. The van der Waals surface area contributed by atoms with Crippen molar-refractivity contribution in [3.63, 3.8) is 0 Å². The van der Waals surface area contributed by atoms with E-state index in [4.69, 9.17) is 11.6 Å². The van der Waals surface area contributed by atoms with Crippen molar-refractivity contribution in [1.82, 2.24) is 5.32 Å². The first-order chi connectivity index (χ1) is 8.70. The Morgan fingerprint density at radius 2 is 2.06 bits per heavy atom. The summed E-state index contributed by atoms with van der Waals surface area (Å²) in [7, 11) is 0. The molecule has 18 heavy (non-hydrogen) atoms. The lowest BCUT2D eigenvalue weighted by Crippen LogP contribution is -2.12. The fourth-order valence-electron chi connectivity index (χ4n) is 1.91. The van der Waals surface area contributed by atoms with Gasteiger partial charge >= 0.3 is 0 Å². The number of thiophene rings is 1. The van der Waals surface area contributed by atoms with Crippen LogP contribution in [0.3, 0.4) is 0 Å². The van der Waals surface area contributed by atoms with Crippen LogP contribution in [0.4, 0.5) is 0 Å². The molecule has 0 aliphatic rings. The van der Waals surface area contributed by atoms with Gasteiger partial charge in [-0.2, -0.15) is 0 Å². The van der Waals surface area contributed by atoms with Gasteiger partial charge in [-0.15, -0.1) is 11.3 Å². The second kappa shape index (κ2) is 6.37. The van der Waals surface area contributed by atoms with Gasteiger partial charge in [0.15, 0.2) is 0 Å². The maximum Gasteiger partial charge on any atom is 0.0409 e. The number of benzene rings is 1. The Hall–Kier alpha value is -0.830. The van der Waals surface area contributed by atoms with E-state index in [0.717, 1.165) is 18.1 Å². The van der Waals surface area contributed by atoms with Crippen LogP contribution in [0.25, 0.3) is 10.4 Å². The van der Waals surface area contributed by atoms with Gasteiger partial charge in [0.25, 0.3) is 0 Å². The summed E-state index contributed by atoms with van der Waals surface area (Å²) in [4.78, 5) is 2.70. The summed E-state index contributed by atoms with van der Waals surface area (Å²) in [6.07, 6.45) is 1.18. The number of nitrogens with one attached hydrogen (secondary N) is 1. The van der Waals surface area contributed by atoms with Crippen LogP contribution in [0.1, 0.15) is 23.8 Å². The van der Waals surface area contributed by atoms with Gasteiger partial charge in [0, 0.05) is 21.3 Å². The third-order valence-corrected chi connectivity index (χ3v) is 4.20. The highest BCUT2D eigenvalue weighted by Gasteiger charge is 2.06. The molecule has 0 saturated heterocycles.